The van der Waals surface area contributed by atoms with Crippen LogP contribution in [0.2, 0.25) is 0 Å². The lowest BCUT2D eigenvalue weighted by atomic mass is 9.70. The second-order valence-electron chi connectivity index (χ2n) is 10.5. The van der Waals surface area contributed by atoms with Crippen LogP contribution in [-0.4, -0.2) is 46.0 Å². The van der Waals surface area contributed by atoms with E-state index in [0.29, 0.717) is 29.1 Å². The van der Waals surface area contributed by atoms with Crippen LogP contribution in [0, 0.1) is 16.7 Å². The van der Waals surface area contributed by atoms with E-state index < -0.39 is 20.8 Å². The summed E-state index contributed by atoms with van der Waals surface area (Å²) in [6.07, 6.45) is 7.02. The maximum atomic E-state index is 12.0. The van der Waals surface area contributed by atoms with Gasteiger partial charge in [-0.15, -0.1) is 0 Å². The van der Waals surface area contributed by atoms with Crippen LogP contribution in [0.4, 0.5) is 0 Å². The average Bonchev–Trinajstić information content (AvgIpc) is 2.95. The summed E-state index contributed by atoms with van der Waals surface area (Å²) in [4.78, 5) is 23.8. The molecule has 2 saturated carbocycles. The Kier molecular flexibility index (Phi) is 10.3. The van der Waals surface area contributed by atoms with Gasteiger partial charge in [0, 0.05) is 11.8 Å². The van der Waals surface area contributed by atoms with Gasteiger partial charge >= 0.3 is 0 Å². The predicted octanol–water partition coefficient (Wildman–Crippen LogP) is 4.89. The minimum absolute atomic E-state index is 0.285. The summed E-state index contributed by atoms with van der Waals surface area (Å²) in [7, 11) is -4.21. The van der Waals surface area contributed by atoms with Crippen molar-refractivity contribution in [2.24, 2.45) is 16.7 Å². The molecule has 182 valence electrons. The zero-order chi connectivity index (χ0) is 24.2. The molecule has 3 unspecified atom stereocenters. The van der Waals surface area contributed by atoms with E-state index in [2.05, 4.69) is 34.6 Å². The molecule has 2 aliphatic rings. The Labute approximate surface area is 193 Å². The molecule has 31 heavy (non-hydrogen) atoms. The van der Waals surface area contributed by atoms with E-state index in [-0.39, 0.29) is 28.0 Å². The van der Waals surface area contributed by atoms with Gasteiger partial charge in [0.1, 0.15) is 25.9 Å². The zero-order valence-corrected chi connectivity index (χ0v) is 22.5. The SMILES string of the molecule is CC12CCC(C(S(=O)(=O)[O-])C1=O)C2(C)C.CCCCCCC(=O)C[S+](C(C)C)C(C)C. The zero-order valence-electron chi connectivity index (χ0n) is 20.8. The molecular weight excluding hydrogens is 432 g/mol. The molecule has 2 rings (SSSR count). The minimum Gasteiger partial charge on any atom is -0.747 e. The third kappa shape index (κ3) is 6.57. The molecule has 0 amide bonds. The Balaban J connectivity index is 0.000000310. The number of ketones is 2. The molecule has 2 aliphatic carbocycles. The van der Waals surface area contributed by atoms with Gasteiger partial charge in [-0.1, -0.05) is 47.0 Å². The molecule has 0 radical (unpaired) electrons. The molecule has 0 spiro atoms. The van der Waals surface area contributed by atoms with Crippen LogP contribution in [0.5, 0.6) is 0 Å². The Morgan fingerprint density at radius 2 is 1.65 bits per heavy atom. The molecule has 5 nitrogen and oxygen atoms in total. The Morgan fingerprint density at radius 1 is 1.10 bits per heavy atom. The van der Waals surface area contributed by atoms with Crippen molar-refractivity contribution < 1.29 is 22.6 Å². The number of rotatable bonds is 10. The molecule has 3 atom stereocenters. The first-order chi connectivity index (χ1) is 14.1. The number of Topliss-reactive ketones (excluding diaryl/α,β-unsaturated/α-hetero) is 2. The van der Waals surface area contributed by atoms with Crippen LogP contribution in [-0.2, 0) is 30.6 Å². The monoisotopic (exact) mass is 476 g/mol. The molecule has 0 heterocycles. The number of fused-ring (bicyclic) bond motifs is 2. The molecule has 2 fully saturated rings. The highest BCUT2D eigenvalue weighted by Crippen LogP contribution is 2.64. The van der Waals surface area contributed by atoms with Gasteiger partial charge in [0.2, 0.25) is 0 Å². The lowest BCUT2D eigenvalue weighted by Crippen LogP contribution is -2.38. The largest absolute Gasteiger partial charge is 0.747 e. The highest BCUT2D eigenvalue weighted by atomic mass is 32.2. The van der Waals surface area contributed by atoms with Crippen LogP contribution >= 0.6 is 0 Å². The van der Waals surface area contributed by atoms with E-state index in [0.717, 1.165) is 18.6 Å². The normalized spacial score (nSPS) is 27.2. The fourth-order valence-corrected chi connectivity index (χ4v) is 8.89. The van der Waals surface area contributed by atoms with Gasteiger partial charge < -0.3 is 4.55 Å². The van der Waals surface area contributed by atoms with Crippen molar-refractivity contribution in [3.63, 3.8) is 0 Å². The van der Waals surface area contributed by atoms with Crippen molar-refractivity contribution >= 4 is 32.6 Å². The summed E-state index contributed by atoms with van der Waals surface area (Å²) in [6.45, 7) is 16.8. The molecule has 7 heteroatoms. The smallest absolute Gasteiger partial charge is 0.181 e. The summed E-state index contributed by atoms with van der Waals surface area (Å²) in [5.74, 6) is 0.652. The average molecular weight is 477 g/mol. The lowest BCUT2D eigenvalue weighted by molar-refractivity contribution is -0.128. The third-order valence-corrected chi connectivity index (χ3v) is 11.9. The summed E-state index contributed by atoms with van der Waals surface area (Å²) < 4.78 is 33.3. The molecule has 0 aromatic carbocycles. The highest BCUT2D eigenvalue weighted by molar-refractivity contribution is 7.98. The van der Waals surface area contributed by atoms with Gasteiger partial charge in [0.05, 0.1) is 0 Å². The summed E-state index contributed by atoms with van der Waals surface area (Å²) >= 11 is 0. The van der Waals surface area contributed by atoms with Crippen molar-refractivity contribution in [2.45, 2.75) is 116 Å². The van der Waals surface area contributed by atoms with E-state index in [9.17, 15) is 22.6 Å². The fraction of sp³-hybridized carbons (Fsp3) is 0.917. The molecule has 0 aliphatic heterocycles. The summed E-state index contributed by atoms with van der Waals surface area (Å²) in [5, 5.41) is 0.00503. The van der Waals surface area contributed by atoms with E-state index in [1.807, 2.05) is 13.8 Å². The Morgan fingerprint density at radius 3 is 2.00 bits per heavy atom. The minimum atomic E-state index is -4.49. The van der Waals surface area contributed by atoms with Gasteiger partial charge in [0.25, 0.3) is 0 Å². The molecule has 2 bridgehead atoms. The Hall–Kier alpha value is -0.400. The molecule has 0 saturated heterocycles. The quantitative estimate of drug-likeness (QED) is 0.254. The van der Waals surface area contributed by atoms with E-state index in [4.69, 9.17) is 0 Å². The number of carbonyl (C=O) groups is 2. The highest BCUT2D eigenvalue weighted by Gasteiger charge is 2.67. The topological polar surface area (TPSA) is 91.3 Å². The third-order valence-electron chi connectivity index (χ3n) is 7.63. The van der Waals surface area contributed by atoms with Crippen molar-refractivity contribution in [1.82, 2.24) is 0 Å². The lowest BCUT2D eigenvalue weighted by Gasteiger charge is -2.32. The van der Waals surface area contributed by atoms with E-state index in [1.165, 1.54) is 19.3 Å². The molecule has 0 aromatic heterocycles. The standard InChI is InChI=1S/C14H29OS.C10H16O4S/c1-6-7-8-9-10-14(15)11-16(12(2)3)13(4)5;1-9(2)6-4-5-10(9,3)8(11)7(6)15(12,13)14/h12-13H,6-11H2,1-5H3;6-7H,4-5H2,1-3H3,(H,12,13,14)/q+1;/p-1. The van der Waals surface area contributed by atoms with E-state index >= 15 is 0 Å². The van der Waals surface area contributed by atoms with Crippen LogP contribution in [0.25, 0.3) is 0 Å². The number of hydrogen-bond donors (Lipinski definition) is 0. The van der Waals surface area contributed by atoms with Gasteiger partial charge in [-0.2, -0.15) is 0 Å². The first-order valence-corrected chi connectivity index (χ1v) is 14.8. The van der Waals surface area contributed by atoms with Crippen molar-refractivity contribution in [2.75, 3.05) is 5.75 Å². The van der Waals surface area contributed by atoms with Gasteiger partial charge in [-0.05, 0) is 69.2 Å². The molecule has 0 aromatic rings. The fourth-order valence-electron chi connectivity index (χ4n) is 5.22. The van der Waals surface area contributed by atoms with Crippen LogP contribution in [0.3, 0.4) is 0 Å². The molecule has 0 N–H and O–H groups in total. The molecular formula is C24H44O5S2. The maximum absolute atomic E-state index is 12.0. The number of carbonyl (C=O) groups excluding carboxylic acids is 2. The van der Waals surface area contributed by atoms with Gasteiger partial charge in [0.15, 0.2) is 17.3 Å². The van der Waals surface area contributed by atoms with Crippen molar-refractivity contribution in [3.05, 3.63) is 0 Å². The first kappa shape index (κ1) is 28.6. The maximum Gasteiger partial charge on any atom is 0.181 e. The Bertz CT molecular complexity index is 718. The van der Waals surface area contributed by atoms with Crippen LogP contribution in [0.1, 0.15) is 100 Å². The summed E-state index contributed by atoms with van der Waals surface area (Å²) in [6, 6.07) is 0. The summed E-state index contributed by atoms with van der Waals surface area (Å²) in [5.41, 5.74) is -0.994. The van der Waals surface area contributed by atoms with Gasteiger partial charge in [-0.3, -0.25) is 9.59 Å². The van der Waals surface area contributed by atoms with Crippen molar-refractivity contribution in [1.29, 1.82) is 0 Å². The van der Waals surface area contributed by atoms with Crippen molar-refractivity contribution in [3.8, 4) is 0 Å². The first-order valence-electron chi connectivity index (χ1n) is 11.8. The number of unbranched alkanes of at least 4 members (excludes halogenated alkanes) is 3. The second-order valence-corrected chi connectivity index (χ2v) is 15.1. The van der Waals surface area contributed by atoms with Crippen LogP contribution in [0.15, 0.2) is 0 Å². The number of hydrogen-bond acceptors (Lipinski definition) is 5. The predicted molar refractivity (Wildman–Crippen MR) is 129 cm³/mol. The second kappa shape index (κ2) is 11.1. The van der Waals surface area contributed by atoms with Gasteiger partial charge in [-0.25, -0.2) is 8.42 Å². The van der Waals surface area contributed by atoms with Crippen LogP contribution < -0.4 is 0 Å². The van der Waals surface area contributed by atoms with E-state index in [1.54, 1.807) is 6.92 Å².